The van der Waals surface area contributed by atoms with E-state index in [9.17, 15) is 14.4 Å². The first-order valence-corrected chi connectivity index (χ1v) is 13.5. The number of methoxy groups -OCH3 is 1. The summed E-state index contributed by atoms with van der Waals surface area (Å²) in [7, 11) is 1.62. The van der Waals surface area contributed by atoms with E-state index in [-0.39, 0.29) is 35.6 Å². The van der Waals surface area contributed by atoms with Gasteiger partial charge in [-0.1, -0.05) is 6.08 Å². The molecule has 2 unspecified atom stereocenters. The number of nitrogens with one attached hydrogen (secondary N) is 2. The van der Waals surface area contributed by atoms with Crippen molar-refractivity contribution in [2.24, 2.45) is 17.8 Å². The Bertz CT molecular complexity index is 995. The van der Waals surface area contributed by atoms with Crippen LogP contribution in [0.4, 0.5) is 0 Å². The molecular weight excluding hydrogens is 456 g/mol. The van der Waals surface area contributed by atoms with Crippen LogP contribution in [0.15, 0.2) is 36.0 Å². The number of rotatable bonds is 9. The van der Waals surface area contributed by atoms with E-state index in [4.69, 9.17) is 4.74 Å². The van der Waals surface area contributed by atoms with Gasteiger partial charge in [-0.05, 0) is 88.2 Å². The normalized spacial score (nSPS) is 24.7. The summed E-state index contributed by atoms with van der Waals surface area (Å²) < 4.78 is 5.19. The van der Waals surface area contributed by atoms with Crippen LogP contribution in [0.5, 0.6) is 5.75 Å². The molecule has 8 heteroatoms. The molecule has 0 bridgehead atoms. The van der Waals surface area contributed by atoms with E-state index in [0.717, 1.165) is 68.7 Å². The summed E-state index contributed by atoms with van der Waals surface area (Å²) in [6, 6.07) is 7.31. The molecule has 2 N–H and O–H groups in total. The fourth-order valence-corrected chi connectivity index (χ4v) is 5.66. The van der Waals surface area contributed by atoms with Crippen LogP contribution in [0.2, 0.25) is 0 Å². The van der Waals surface area contributed by atoms with Crippen molar-refractivity contribution in [1.29, 1.82) is 0 Å². The van der Waals surface area contributed by atoms with Gasteiger partial charge in [0, 0.05) is 23.7 Å². The Morgan fingerprint density at radius 2 is 1.78 bits per heavy atom. The third kappa shape index (κ3) is 5.91. The number of carbonyl (C=O) groups excluding carboxylic acids is 3. The van der Waals surface area contributed by atoms with E-state index in [2.05, 4.69) is 21.6 Å². The van der Waals surface area contributed by atoms with Gasteiger partial charge in [0.25, 0.3) is 0 Å². The zero-order chi connectivity index (χ0) is 25.1. The Kier molecular flexibility index (Phi) is 7.60. The van der Waals surface area contributed by atoms with E-state index < -0.39 is 0 Å². The molecule has 2 aliphatic carbocycles. The lowest BCUT2D eigenvalue weighted by molar-refractivity contribution is -0.135. The van der Waals surface area contributed by atoms with Gasteiger partial charge in [-0.15, -0.1) is 0 Å². The highest BCUT2D eigenvalue weighted by Gasteiger charge is 2.36. The molecule has 2 heterocycles. The molecule has 0 aromatic heterocycles. The summed E-state index contributed by atoms with van der Waals surface area (Å²) in [5.74, 6) is 1.60. The van der Waals surface area contributed by atoms with E-state index in [1.54, 1.807) is 7.11 Å². The molecule has 2 aliphatic heterocycles. The maximum Gasteiger partial charge on any atom is 0.236 e. The molecule has 2 amide bonds. The smallest absolute Gasteiger partial charge is 0.236 e. The molecule has 2 saturated heterocycles. The van der Waals surface area contributed by atoms with Crippen LogP contribution in [-0.2, 0) is 9.59 Å². The van der Waals surface area contributed by atoms with E-state index in [1.165, 1.54) is 12.8 Å². The van der Waals surface area contributed by atoms with Crippen molar-refractivity contribution in [2.75, 3.05) is 39.8 Å². The molecular formula is C28H38N4O4. The lowest BCUT2D eigenvalue weighted by atomic mass is 9.89. The first-order valence-electron chi connectivity index (χ1n) is 13.5. The van der Waals surface area contributed by atoms with Crippen LogP contribution in [0.3, 0.4) is 0 Å². The van der Waals surface area contributed by atoms with Crippen LogP contribution in [0, 0.1) is 17.8 Å². The SMILES string of the molecule is COc1ccc(C(=O)C2CCN(CC(=O)N(CC3CC3)CC3NC(=O)C4CCCC=C4N3)CC2)cc1. The van der Waals surface area contributed by atoms with Gasteiger partial charge >= 0.3 is 0 Å². The number of hydrogen-bond donors (Lipinski definition) is 2. The second-order valence-electron chi connectivity index (χ2n) is 10.7. The Balaban J connectivity index is 1.14. The highest BCUT2D eigenvalue weighted by molar-refractivity contribution is 5.98. The number of fused-ring (bicyclic) bond motifs is 1. The third-order valence-electron chi connectivity index (χ3n) is 8.03. The lowest BCUT2D eigenvalue weighted by Crippen LogP contribution is -2.60. The van der Waals surface area contributed by atoms with Gasteiger partial charge in [0.2, 0.25) is 11.8 Å². The molecule has 3 fully saturated rings. The number of hydrogen-bond acceptors (Lipinski definition) is 6. The zero-order valence-electron chi connectivity index (χ0n) is 21.2. The molecule has 36 heavy (non-hydrogen) atoms. The number of ketones is 1. The minimum absolute atomic E-state index is 0.00863. The maximum absolute atomic E-state index is 13.4. The quantitative estimate of drug-likeness (QED) is 0.513. The van der Waals surface area contributed by atoms with Crippen LogP contribution in [0.25, 0.3) is 0 Å². The first kappa shape index (κ1) is 24.8. The standard InChI is InChI=1S/C28H38N4O4/c1-36-22-10-8-20(9-11-22)27(34)21-12-14-31(15-13-21)18-26(33)32(16-19-6-7-19)17-25-29-24-5-3-2-4-23(24)28(35)30-25/h5,8-11,19,21,23,25,29H,2-4,6-7,12-18H2,1H3,(H,30,35). The Labute approximate surface area is 213 Å². The Morgan fingerprint density at radius 1 is 1.03 bits per heavy atom. The molecule has 1 aromatic carbocycles. The molecule has 5 rings (SSSR count). The molecule has 1 aromatic rings. The predicted octanol–water partition coefficient (Wildman–Crippen LogP) is 2.56. The molecule has 0 spiro atoms. The molecule has 1 saturated carbocycles. The Morgan fingerprint density at radius 3 is 2.47 bits per heavy atom. The van der Waals surface area contributed by atoms with Crippen LogP contribution in [0.1, 0.15) is 55.3 Å². The number of piperidine rings is 1. The van der Waals surface area contributed by atoms with Crippen molar-refractivity contribution in [3.05, 3.63) is 41.6 Å². The molecule has 8 nitrogen and oxygen atoms in total. The largest absolute Gasteiger partial charge is 0.497 e. The third-order valence-corrected chi connectivity index (χ3v) is 8.03. The minimum Gasteiger partial charge on any atom is -0.497 e. The number of Topliss-reactive ketones (excluding diaryl/α,β-unsaturated/α-hetero) is 1. The number of ether oxygens (including phenoxy) is 1. The predicted molar refractivity (Wildman–Crippen MR) is 136 cm³/mol. The lowest BCUT2D eigenvalue weighted by Gasteiger charge is -2.38. The molecule has 4 aliphatic rings. The number of carbonyl (C=O) groups is 3. The fraction of sp³-hybridized carbons (Fsp3) is 0.607. The number of amides is 2. The fourth-order valence-electron chi connectivity index (χ4n) is 5.66. The number of likely N-dealkylation sites (tertiary alicyclic amines) is 1. The van der Waals surface area contributed by atoms with Crippen molar-refractivity contribution in [1.82, 2.24) is 20.4 Å². The highest BCUT2D eigenvalue weighted by Crippen LogP contribution is 2.31. The van der Waals surface area contributed by atoms with Gasteiger partial charge < -0.3 is 20.3 Å². The average molecular weight is 495 g/mol. The van der Waals surface area contributed by atoms with Crippen LogP contribution >= 0.6 is 0 Å². The van der Waals surface area contributed by atoms with Crippen molar-refractivity contribution in [3.8, 4) is 5.75 Å². The van der Waals surface area contributed by atoms with E-state index in [0.29, 0.717) is 19.0 Å². The highest BCUT2D eigenvalue weighted by atomic mass is 16.5. The maximum atomic E-state index is 13.4. The van der Waals surface area contributed by atoms with Crippen LogP contribution in [-0.4, -0.2) is 73.4 Å². The van der Waals surface area contributed by atoms with Gasteiger partial charge in [0.05, 0.1) is 26.1 Å². The zero-order valence-corrected chi connectivity index (χ0v) is 21.2. The summed E-state index contributed by atoms with van der Waals surface area (Å²) in [5.41, 5.74) is 1.75. The Hall–Kier alpha value is -2.87. The van der Waals surface area contributed by atoms with Gasteiger partial charge in [-0.3, -0.25) is 19.3 Å². The summed E-state index contributed by atoms with van der Waals surface area (Å²) in [6.45, 7) is 3.08. The monoisotopic (exact) mass is 494 g/mol. The van der Waals surface area contributed by atoms with Gasteiger partial charge in [-0.25, -0.2) is 0 Å². The topological polar surface area (TPSA) is 91.0 Å². The summed E-state index contributed by atoms with van der Waals surface area (Å²) >= 11 is 0. The van der Waals surface area contributed by atoms with E-state index >= 15 is 0 Å². The van der Waals surface area contributed by atoms with Gasteiger partial charge in [-0.2, -0.15) is 0 Å². The molecule has 2 atom stereocenters. The second kappa shape index (κ2) is 11.0. The van der Waals surface area contributed by atoms with Crippen molar-refractivity contribution in [3.63, 3.8) is 0 Å². The van der Waals surface area contributed by atoms with Crippen molar-refractivity contribution >= 4 is 17.6 Å². The summed E-state index contributed by atoms with van der Waals surface area (Å²) in [4.78, 5) is 43.0. The van der Waals surface area contributed by atoms with Crippen molar-refractivity contribution in [2.45, 2.75) is 51.1 Å². The second-order valence-corrected chi connectivity index (χ2v) is 10.7. The summed E-state index contributed by atoms with van der Waals surface area (Å²) in [6.07, 6.45) is 8.69. The minimum atomic E-state index is -0.242. The van der Waals surface area contributed by atoms with Crippen molar-refractivity contribution < 1.29 is 19.1 Å². The van der Waals surface area contributed by atoms with Crippen LogP contribution < -0.4 is 15.4 Å². The first-order chi connectivity index (χ1) is 17.5. The summed E-state index contributed by atoms with van der Waals surface area (Å²) in [5, 5.41) is 6.58. The average Bonchev–Trinajstić information content (AvgIpc) is 3.72. The number of benzene rings is 1. The molecule has 0 radical (unpaired) electrons. The van der Waals surface area contributed by atoms with Gasteiger partial charge in [0.1, 0.15) is 11.9 Å². The van der Waals surface area contributed by atoms with Gasteiger partial charge in [0.15, 0.2) is 5.78 Å². The molecule has 194 valence electrons. The number of nitrogens with zero attached hydrogens (tertiary/aromatic N) is 2. The number of allylic oxidation sites excluding steroid dienone is 1. The van der Waals surface area contributed by atoms with E-state index in [1.807, 2.05) is 29.2 Å².